The Morgan fingerprint density at radius 2 is 2.10 bits per heavy atom. The molecule has 1 heterocycles. The molecule has 1 atom stereocenters. The van der Waals surface area contributed by atoms with Crippen molar-refractivity contribution in [1.82, 2.24) is 15.1 Å². The monoisotopic (exact) mass is 337 g/mol. The fourth-order valence-corrected chi connectivity index (χ4v) is 2.96. The Bertz CT molecular complexity index is 595. The SMILES string of the molecule is COc1c(CNC(C)c2ccccc2Br)c(C)nn1C. The van der Waals surface area contributed by atoms with Crippen LogP contribution in [0.2, 0.25) is 0 Å². The van der Waals surface area contributed by atoms with Gasteiger partial charge in [0, 0.05) is 24.1 Å². The lowest BCUT2D eigenvalue weighted by Crippen LogP contribution is -2.19. The molecule has 20 heavy (non-hydrogen) atoms. The Morgan fingerprint density at radius 1 is 1.40 bits per heavy atom. The number of aryl methyl sites for hydroxylation is 2. The van der Waals surface area contributed by atoms with Gasteiger partial charge in [-0.05, 0) is 25.5 Å². The van der Waals surface area contributed by atoms with Gasteiger partial charge in [0.1, 0.15) is 0 Å². The van der Waals surface area contributed by atoms with Crippen molar-refractivity contribution in [3.05, 3.63) is 45.6 Å². The van der Waals surface area contributed by atoms with Crippen molar-refractivity contribution < 1.29 is 4.74 Å². The second-order valence-electron chi connectivity index (χ2n) is 4.82. The van der Waals surface area contributed by atoms with Crippen molar-refractivity contribution in [2.75, 3.05) is 7.11 Å². The third kappa shape index (κ3) is 3.04. The number of benzene rings is 1. The zero-order chi connectivity index (χ0) is 14.7. The van der Waals surface area contributed by atoms with Gasteiger partial charge in [-0.25, -0.2) is 4.68 Å². The molecule has 2 rings (SSSR count). The lowest BCUT2D eigenvalue weighted by atomic mass is 10.1. The van der Waals surface area contributed by atoms with Gasteiger partial charge in [0.15, 0.2) is 0 Å². The number of nitrogens with one attached hydrogen (secondary N) is 1. The van der Waals surface area contributed by atoms with Crippen LogP contribution in [0, 0.1) is 6.92 Å². The van der Waals surface area contributed by atoms with Crippen molar-refractivity contribution in [2.24, 2.45) is 7.05 Å². The van der Waals surface area contributed by atoms with Gasteiger partial charge < -0.3 is 10.1 Å². The van der Waals surface area contributed by atoms with Crippen molar-refractivity contribution in [3.63, 3.8) is 0 Å². The molecular weight excluding hydrogens is 318 g/mol. The first-order valence-corrected chi connectivity index (χ1v) is 7.38. The van der Waals surface area contributed by atoms with E-state index in [1.807, 2.05) is 26.1 Å². The molecule has 0 radical (unpaired) electrons. The molecule has 0 amide bonds. The third-order valence-electron chi connectivity index (χ3n) is 3.44. The van der Waals surface area contributed by atoms with E-state index in [9.17, 15) is 0 Å². The van der Waals surface area contributed by atoms with E-state index >= 15 is 0 Å². The number of methoxy groups -OCH3 is 1. The predicted molar refractivity (Wildman–Crippen MR) is 83.9 cm³/mol. The number of halogens is 1. The normalized spacial score (nSPS) is 12.4. The highest BCUT2D eigenvalue weighted by molar-refractivity contribution is 9.10. The minimum absolute atomic E-state index is 0.245. The smallest absolute Gasteiger partial charge is 0.216 e. The second kappa shape index (κ2) is 6.41. The van der Waals surface area contributed by atoms with Crippen LogP contribution in [-0.4, -0.2) is 16.9 Å². The summed E-state index contributed by atoms with van der Waals surface area (Å²) in [5, 5.41) is 7.91. The van der Waals surface area contributed by atoms with Crippen LogP contribution in [0.1, 0.15) is 29.8 Å². The predicted octanol–water partition coefficient (Wildman–Crippen LogP) is 3.35. The molecule has 5 heteroatoms. The Morgan fingerprint density at radius 3 is 2.75 bits per heavy atom. The molecule has 4 nitrogen and oxygen atoms in total. The molecule has 0 saturated heterocycles. The van der Waals surface area contributed by atoms with Crippen molar-refractivity contribution >= 4 is 15.9 Å². The fourth-order valence-electron chi connectivity index (χ4n) is 2.33. The zero-order valence-electron chi connectivity index (χ0n) is 12.3. The van der Waals surface area contributed by atoms with E-state index in [2.05, 4.69) is 45.4 Å². The summed E-state index contributed by atoms with van der Waals surface area (Å²) in [5.41, 5.74) is 3.35. The summed E-state index contributed by atoms with van der Waals surface area (Å²) in [6.45, 7) is 4.88. The van der Waals surface area contributed by atoms with Crippen LogP contribution in [0.3, 0.4) is 0 Å². The lowest BCUT2D eigenvalue weighted by molar-refractivity contribution is 0.367. The molecule has 0 aliphatic rings. The van der Waals surface area contributed by atoms with Crippen molar-refractivity contribution in [1.29, 1.82) is 0 Å². The van der Waals surface area contributed by atoms with Crippen molar-refractivity contribution in [2.45, 2.75) is 26.4 Å². The molecule has 0 bridgehead atoms. The molecule has 1 N–H and O–H groups in total. The molecule has 1 unspecified atom stereocenters. The summed E-state index contributed by atoms with van der Waals surface area (Å²) in [6.07, 6.45) is 0. The molecule has 0 aliphatic heterocycles. The van der Waals surface area contributed by atoms with Crippen LogP contribution in [0.4, 0.5) is 0 Å². The van der Waals surface area contributed by atoms with Gasteiger partial charge in [0.25, 0.3) is 0 Å². The number of aromatic nitrogens is 2. The highest BCUT2D eigenvalue weighted by Crippen LogP contribution is 2.25. The van der Waals surface area contributed by atoms with Gasteiger partial charge in [-0.1, -0.05) is 34.1 Å². The molecule has 0 aliphatic carbocycles. The van der Waals surface area contributed by atoms with Crippen LogP contribution < -0.4 is 10.1 Å². The fraction of sp³-hybridized carbons (Fsp3) is 0.400. The zero-order valence-corrected chi connectivity index (χ0v) is 13.9. The van der Waals surface area contributed by atoms with E-state index in [0.717, 1.165) is 28.2 Å². The third-order valence-corrected chi connectivity index (χ3v) is 4.16. The molecule has 108 valence electrons. The van der Waals surface area contributed by atoms with Crippen LogP contribution in [-0.2, 0) is 13.6 Å². The van der Waals surface area contributed by atoms with Crippen LogP contribution in [0.25, 0.3) is 0 Å². The van der Waals surface area contributed by atoms with E-state index in [1.165, 1.54) is 5.56 Å². The number of hydrogen-bond donors (Lipinski definition) is 1. The Labute approximate surface area is 128 Å². The van der Waals surface area contributed by atoms with Gasteiger partial charge in [-0.3, -0.25) is 0 Å². The summed E-state index contributed by atoms with van der Waals surface area (Å²) >= 11 is 3.59. The summed E-state index contributed by atoms with van der Waals surface area (Å²) in [7, 11) is 3.57. The number of nitrogens with zero attached hydrogens (tertiary/aromatic N) is 2. The van der Waals surface area contributed by atoms with Gasteiger partial charge >= 0.3 is 0 Å². The first kappa shape index (κ1) is 15.1. The van der Waals surface area contributed by atoms with E-state index in [4.69, 9.17) is 4.74 Å². The maximum Gasteiger partial charge on any atom is 0.216 e. The number of rotatable bonds is 5. The van der Waals surface area contributed by atoms with Gasteiger partial charge in [0.2, 0.25) is 5.88 Å². The molecule has 1 aromatic carbocycles. The van der Waals surface area contributed by atoms with E-state index in [-0.39, 0.29) is 6.04 Å². The first-order chi connectivity index (χ1) is 9.54. The maximum absolute atomic E-state index is 5.41. The summed E-state index contributed by atoms with van der Waals surface area (Å²) < 4.78 is 8.30. The maximum atomic E-state index is 5.41. The van der Waals surface area contributed by atoms with Crippen LogP contribution >= 0.6 is 15.9 Å². The standard InChI is InChI=1S/C15H20BrN3O/c1-10(12-7-5-6-8-14(12)16)17-9-13-11(2)18-19(3)15(13)20-4/h5-8,10,17H,9H2,1-4H3. The molecule has 0 saturated carbocycles. The Hall–Kier alpha value is -1.33. The minimum atomic E-state index is 0.245. The van der Waals surface area contributed by atoms with E-state index < -0.39 is 0 Å². The van der Waals surface area contributed by atoms with Gasteiger partial charge in [-0.15, -0.1) is 0 Å². The van der Waals surface area contributed by atoms with E-state index in [0.29, 0.717) is 0 Å². The molecule has 0 fully saturated rings. The molecule has 1 aromatic heterocycles. The quantitative estimate of drug-likeness (QED) is 0.909. The molecule has 0 spiro atoms. The largest absolute Gasteiger partial charge is 0.481 e. The van der Waals surface area contributed by atoms with Crippen LogP contribution in [0.5, 0.6) is 5.88 Å². The van der Waals surface area contributed by atoms with Crippen LogP contribution in [0.15, 0.2) is 28.7 Å². The Balaban J connectivity index is 2.11. The van der Waals surface area contributed by atoms with E-state index in [1.54, 1.807) is 11.8 Å². The van der Waals surface area contributed by atoms with Gasteiger partial charge in [0.05, 0.1) is 18.4 Å². The topological polar surface area (TPSA) is 39.1 Å². The summed E-state index contributed by atoms with van der Waals surface area (Å²) in [5.74, 6) is 0.814. The molecular formula is C15H20BrN3O. The van der Waals surface area contributed by atoms with Crippen molar-refractivity contribution in [3.8, 4) is 5.88 Å². The second-order valence-corrected chi connectivity index (χ2v) is 5.68. The minimum Gasteiger partial charge on any atom is -0.481 e. The Kier molecular flexibility index (Phi) is 4.83. The first-order valence-electron chi connectivity index (χ1n) is 6.58. The number of hydrogen-bond acceptors (Lipinski definition) is 3. The average Bonchev–Trinajstić information content (AvgIpc) is 2.70. The summed E-state index contributed by atoms with van der Waals surface area (Å²) in [4.78, 5) is 0. The molecule has 2 aromatic rings. The highest BCUT2D eigenvalue weighted by Gasteiger charge is 2.15. The van der Waals surface area contributed by atoms with Gasteiger partial charge in [-0.2, -0.15) is 5.10 Å². The number of ether oxygens (including phenoxy) is 1. The summed E-state index contributed by atoms with van der Waals surface area (Å²) in [6, 6.07) is 8.50. The lowest BCUT2D eigenvalue weighted by Gasteiger charge is -2.16. The highest BCUT2D eigenvalue weighted by atomic mass is 79.9. The average molecular weight is 338 g/mol.